The maximum absolute atomic E-state index is 11.6. The standard InChI is InChI=1S/C13H20N4O/c1-2-11(14)13(18)16-10-5-6-12(15-9-10)17-7-3-4-8-17/h5-6,9,11H,2-4,7-8,14H2,1H3,(H,16,18)/t11-/m0/s1. The van der Waals surface area contributed by atoms with E-state index >= 15 is 0 Å². The number of amides is 1. The highest BCUT2D eigenvalue weighted by Gasteiger charge is 2.14. The summed E-state index contributed by atoms with van der Waals surface area (Å²) in [5.74, 6) is 0.818. The predicted molar refractivity (Wildman–Crippen MR) is 72.6 cm³/mol. The summed E-state index contributed by atoms with van der Waals surface area (Å²) in [7, 11) is 0. The fourth-order valence-corrected chi connectivity index (χ4v) is 2.01. The molecule has 18 heavy (non-hydrogen) atoms. The van der Waals surface area contributed by atoms with Crippen molar-refractivity contribution in [3.8, 4) is 0 Å². The Bertz CT molecular complexity index is 398. The van der Waals surface area contributed by atoms with Gasteiger partial charge in [-0.2, -0.15) is 0 Å². The van der Waals surface area contributed by atoms with Crippen LogP contribution in [0.5, 0.6) is 0 Å². The number of nitrogens with one attached hydrogen (secondary N) is 1. The largest absolute Gasteiger partial charge is 0.357 e. The summed E-state index contributed by atoms with van der Waals surface area (Å²) in [6, 6.07) is 3.36. The molecule has 1 aromatic rings. The third kappa shape index (κ3) is 2.98. The van der Waals surface area contributed by atoms with E-state index in [-0.39, 0.29) is 5.91 Å². The minimum absolute atomic E-state index is 0.159. The average Bonchev–Trinajstić information content (AvgIpc) is 2.92. The van der Waals surface area contributed by atoms with Crippen molar-refractivity contribution >= 4 is 17.4 Å². The van der Waals surface area contributed by atoms with E-state index in [0.717, 1.165) is 18.9 Å². The summed E-state index contributed by atoms with van der Waals surface area (Å²) < 4.78 is 0. The SMILES string of the molecule is CC[C@H](N)C(=O)Nc1ccc(N2CCCC2)nc1. The summed E-state index contributed by atoms with van der Waals surface area (Å²) in [6.07, 6.45) is 4.77. The Morgan fingerprint density at radius 3 is 2.78 bits per heavy atom. The van der Waals surface area contributed by atoms with Crippen LogP contribution in [0.25, 0.3) is 0 Å². The van der Waals surface area contributed by atoms with Crippen LogP contribution in [0.2, 0.25) is 0 Å². The number of anilines is 2. The van der Waals surface area contributed by atoms with Gasteiger partial charge in [0, 0.05) is 13.1 Å². The molecule has 1 fully saturated rings. The van der Waals surface area contributed by atoms with Crippen molar-refractivity contribution in [3.05, 3.63) is 18.3 Å². The second-order valence-corrected chi connectivity index (χ2v) is 4.60. The molecular weight excluding hydrogens is 228 g/mol. The summed E-state index contributed by atoms with van der Waals surface area (Å²) in [4.78, 5) is 18.2. The van der Waals surface area contributed by atoms with Crippen LogP contribution in [-0.4, -0.2) is 30.0 Å². The lowest BCUT2D eigenvalue weighted by atomic mass is 10.2. The van der Waals surface area contributed by atoms with Crippen molar-refractivity contribution < 1.29 is 4.79 Å². The van der Waals surface area contributed by atoms with Crippen LogP contribution in [0.3, 0.4) is 0 Å². The molecule has 5 nitrogen and oxygen atoms in total. The Morgan fingerprint density at radius 2 is 2.22 bits per heavy atom. The number of hydrogen-bond donors (Lipinski definition) is 2. The minimum atomic E-state index is -0.455. The Hall–Kier alpha value is -1.62. The molecular formula is C13H20N4O. The second-order valence-electron chi connectivity index (χ2n) is 4.60. The number of nitrogens with zero attached hydrogens (tertiary/aromatic N) is 2. The Morgan fingerprint density at radius 1 is 1.50 bits per heavy atom. The Labute approximate surface area is 107 Å². The molecule has 1 saturated heterocycles. The average molecular weight is 248 g/mol. The molecule has 98 valence electrons. The van der Waals surface area contributed by atoms with Crippen LogP contribution in [0.15, 0.2) is 18.3 Å². The van der Waals surface area contributed by atoms with E-state index in [4.69, 9.17) is 5.73 Å². The number of aromatic nitrogens is 1. The zero-order valence-electron chi connectivity index (χ0n) is 10.7. The number of carbonyl (C=O) groups is 1. The normalized spacial score (nSPS) is 16.7. The zero-order valence-corrected chi connectivity index (χ0v) is 10.7. The molecule has 1 aromatic heterocycles. The van der Waals surface area contributed by atoms with E-state index in [0.29, 0.717) is 12.1 Å². The Balaban J connectivity index is 1.97. The van der Waals surface area contributed by atoms with Crippen LogP contribution in [0, 0.1) is 0 Å². The fourth-order valence-electron chi connectivity index (χ4n) is 2.01. The smallest absolute Gasteiger partial charge is 0.241 e. The highest BCUT2D eigenvalue weighted by atomic mass is 16.2. The number of carbonyl (C=O) groups excluding carboxylic acids is 1. The first-order chi connectivity index (χ1) is 8.70. The molecule has 0 unspecified atom stereocenters. The second kappa shape index (κ2) is 5.82. The van der Waals surface area contributed by atoms with Gasteiger partial charge >= 0.3 is 0 Å². The van der Waals surface area contributed by atoms with E-state index in [1.165, 1.54) is 12.8 Å². The molecule has 0 radical (unpaired) electrons. The first-order valence-corrected chi connectivity index (χ1v) is 6.48. The van der Waals surface area contributed by atoms with Gasteiger partial charge in [-0.25, -0.2) is 4.98 Å². The molecule has 2 heterocycles. The molecule has 1 aliphatic heterocycles. The highest BCUT2D eigenvalue weighted by Crippen LogP contribution is 2.19. The van der Waals surface area contributed by atoms with Gasteiger partial charge in [0.2, 0.25) is 5.91 Å². The molecule has 3 N–H and O–H groups in total. The highest BCUT2D eigenvalue weighted by molar-refractivity contribution is 5.94. The molecule has 0 bridgehead atoms. The van der Waals surface area contributed by atoms with Gasteiger partial charge in [-0.3, -0.25) is 4.79 Å². The van der Waals surface area contributed by atoms with Crippen molar-refractivity contribution in [2.75, 3.05) is 23.3 Å². The van der Waals surface area contributed by atoms with Gasteiger partial charge in [-0.05, 0) is 31.4 Å². The van der Waals surface area contributed by atoms with Crippen LogP contribution >= 0.6 is 0 Å². The van der Waals surface area contributed by atoms with E-state index < -0.39 is 6.04 Å². The number of rotatable bonds is 4. The van der Waals surface area contributed by atoms with Gasteiger partial charge in [0.25, 0.3) is 0 Å². The third-order valence-electron chi connectivity index (χ3n) is 3.22. The van der Waals surface area contributed by atoms with E-state index in [2.05, 4.69) is 15.2 Å². The summed E-state index contributed by atoms with van der Waals surface area (Å²) in [6.45, 7) is 4.03. The lowest BCUT2D eigenvalue weighted by Crippen LogP contribution is -2.34. The number of pyridine rings is 1. The van der Waals surface area contributed by atoms with Crippen LogP contribution in [0.1, 0.15) is 26.2 Å². The van der Waals surface area contributed by atoms with Crippen molar-refractivity contribution in [2.24, 2.45) is 5.73 Å². The van der Waals surface area contributed by atoms with Gasteiger partial charge in [-0.1, -0.05) is 6.92 Å². The molecule has 1 atom stereocenters. The summed E-state index contributed by atoms with van der Waals surface area (Å²) in [5, 5.41) is 2.77. The molecule has 0 aliphatic carbocycles. The summed E-state index contributed by atoms with van der Waals surface area (Å²) >= 11 is 0. The fraction of sp³-hybridized carbons (Fsp3) is 0.538. The molecule has 2 rings (SSSR count). The van der Waals surface area contributed by atoms with Crippen LogP contribution in [0.4, 0.5) is 11.5 Å². The number of hydrogen-bond acceptors (Lipinski definition) is 4. The molecule has 1 aliphatic rings. The van der Waals surface area contributed by atoms with E-state index in [9.17, 15) is 4.79 Å². The molecule has 5 heteroatoms. The molecule has 0 aromatic carbocycles. The minimum Gasteiger partial charge on any atom is -0.357 e. The predicted octanol–water partition coefficient (Wildman–Crippen LogP) is 1.36. The maximum atomic E-state index is 11.6. The van der Waals surface area contributed by atoms with Crippen molar-refractivity contribution in [1.82, 2.24) is 4.98 Å². The summed E-state index contributed by atoms with van der Waals surface area (Å²) in [5.41, 5.74) is 6.35. The van der Waals surface area contributed by atoms with Crippen LogP contribution < -0.4 is 16.0 Å². The first kappa shape index (κ1) is 12.8. The topological polar surface area (TPSA) is 71.2 Å². The van der Waals surface area contributed by atoms with Gasteiger partial charge in [-0.15, -0.1) is 0 Å². The molecule has 1 amide bonds. The molecule has 0 spiro atoms. The van der Waals surface area contributed by atoms with Gasteiger partial charge in [0.05, 0.1) is 17.9 Å². The van der Waals surface area contributed by atoms with Crippen molar-refractivity contribution in [2.45, 2.75) is 32.2 Å². The number of nitrogens with two attached hydrogens (primary N) is 1. The Kier molecular flexibility index (Phi) is 4.15. The third-order valence-corrected chi connectivity index (χ3v) is 3.22. The first-order valence-electron chi connectivity index (χ1n) is 6.48. The maximum Gasteiger partial charge on any atom is 0.241 e. The van der Waals surface area contributed by atoms with Gasteiger partial charge in [0.15, 0.2) is 0 Å². The van der Waals surface area contributed by atoms with Gasteiger partial charge < -0.3 is 16.0 Å². The van der Waals surface area contributed by atoms with E-state index in [1.54, 1.807) is 6.20 Å². The van der Waals surface area contributed by atoms with E-state index in [1.807, 2.05) is 19.1 Å². The lowest BCUT2D eigenvalue weighted by molar-refractivity contribution is -0.117. The van der Waals surface area contributed by atoms with Crippen LogP contribution in [-0.2, 0) is 4.79 Å². The zero-order chi connectivity index (χ0) is 13.0. The van der Waals surface area contributed by atoms with Gasteiger partial charge in [0.1, 0.15) is 5.82 Å². The molecule has 0 saturated carbocycles. The van der Waals surface area contributed by atoms with Crippen molar-refractivity contribution in [1.29, 1.82) is 0 Å². The lowest BCUT2D eigenvalue weighted by Gasteiger charge is -2.16. The quantitative estimate of drug-likeness (QED) is 0.844. The monoisotopic (exact) mass is 248 g/mol. The van der Waals surface area contributed by atoms with Crippen molar-refractivity contribution in [3.63, 3.8) is 0 Å².